The molecule has 3 saturated carbocycles. The van der Waals surface area contributed by atoms with Crippen LogP contribution in [0.25, 0.3) is 0 Å². The number of carbonyl (C=O) groups is 1. The highest BCUT2D eigenvalue weighted by Gasteiger charge is 2.42. The van der Waals surface area contributed by atoms with Crippen LogP contribution in [-0.4, -0.2) is 26.0 Å². The Morgan fingerprint density at radius 3 is 2.59 bits per heavy atom. The molecule has 0 aliphatic heterocycles. The first-order valence-corrected chi connectivity index (χ1v) is 12.8. The van der Waals surface area contributed by atoms with Crippen molar-refractivity contribution in [1.29, 1.82) is 0 Å². The van der Waals surface area contributed by atoms with Crippen molar-refractivity contribution in [2.24, 2.45) is 23.7 Å². The fourth-order valence-electron chi connectivity index (χ4n) is 4.83. The summed E-state index contributed by atoms with van der Waals surface area (Å²) in [6, 6.07) is 4.77. The van der Waals surface area contributed by atoms with Crippen molar-refractivity contribution in [3.8, 4) is 0 Å². The van der Waals surface area contributed by atoms with Gasteiger partial charge >= 0.3 is 5.97 Å². The smallest absolute Gasteiger partial charge is 0.303 e. The number of carboxylic acid groups (broad SMARTS) is 1. The summed E-state index contributed by atoms with van der Waals surface area (Å²) >= 11 is 9.44. The molecule has 3 aliphatic rings. The molecule has 8 heteroatoms. The summed E-state index contributed by atoms with van der Waals surface area (Å²) in [6.07, 6.45) is 10.5. The lowest BCUT2D eigenvalue weighted by molar-refractivity contribution is -0.137. The minimum absolute atomic E-state index is 0.101. The highest BCUT2D eigenvalue weighted by atomic mass is 79.9. The third-order valence-corrected chi connectivity index (χ3v) is 8.67. The molecule has 5 nitrogen and oxygen atoms in total. The highest BCUT2D eigenvalue weighted by Crippen LogP contribution is 2.49. The molecule has 2 bridgehead atoms. The molecule has 3 fully saturated rings. The fourth-order valence-corrected chi connectivity index (χ4v) is 6.93. The maximum Gasteiger partial charge on any atom is 0.303 e. The minimum atomic E-state index is -3.68. The average molecular weight is 505 g/mol. The lowest BCUT2D eigenvalue weighted by Crippen LogP contribution is -2.45. The van der Waals surface area contributed by atoms with Gasteiger partial charge in [-0.3, -0.25) is 4.79 Å². The van der Waals surface area contributed by atoms with Crippen LogP contribution in [0.15, 0.2) is 39.7 Å². The third kappa shape index (κ3) is 5.84. The number of halogens is 2. The van der Waals surface area contributed by atoms with E-state index < -0.39 is 16.0 Å². The zero-order chi connectivity index (χ0) is 21.0. The number of allylic oxidation sites excluding steroid dienone is 2. The van der Waals surface area contributed by atoms with Crippen molar-refractivity contribution in [1.82, 2.24) is 4.72 Å². The molecule has 1 aromatic carbocycles. The van der Waals surface area contributed by atoms with Crippen LogP contribution in [0.3, 0.4) is 0 Å². The van der Waals surface area contributed by atoms with Crippen LogP contribution in [0.1, 0.15) is 44.9 Å². The molecule has 2 atom stereocenters. The van der Waals surface area contributed by atoms with Crippen LogP contribution in [0, 0.1) is 23.7 Å². The Balaban J connectivity index is 1.66. The van der Waals surface area contributed by atoms with Gasteiger partial charge < -0.3 is 5.11 Å². The summed E-state index contributed by atoms with van der Waals surface area (Å²) in [5.41, 5.74) is 0. The van der Waals surface area contributed by atoms with Crippen molar-refractivity contribution < 1.29 is 18.3 Å². The lowest BCUT2D eigenvalue weighted by Gasteiger charge is -2.48. The highest BCUT2D eigenvalue weighted by molar-refractivity contribution is 9.10. The van der Waals surface area contributed by atoms with Gasteiger partial charge in [0, 0.05) is 17.4 Å². The number of benzene rings is 1. The Morgan fingerprint density at radius 1 is 1.24 bits per heavy atom. The Kier molecular flexibility index (Phi) is 7.81. The van der Waals surface area contributed by atoms with Gasteiger partial charge in [-0.25, -0.2) is 13.1 Å². The van der Waals surface area contributed by atoms with Crippen molar-refractivity contribution in [2.75, 3.05) is 6.54 Å². The Hall–Kier alpha value is -0.890. The van der Waals surface area contributed by atoms with Gasteiger partial charge in [0.2, 0.25) is 10.0 Å². The summed E-state index contributed by atoms with van der Waals surface area (Å²) in [4.78, 5) is 10.8. The van der Waals surface area contributed by atoms with E-state index in [0.717, 1.165) is 23.7 Å². The molecular weight excluding hydrogens is 478 g/mol. The molecule has 0 spiro atoms. The Bertz CT molecular complexity index is 865. The van der Waals surface area contributed by atoms with Crippen molar-refractivity contribution in [3.05, 3.63) is 39.8 Å². The second kappa shape index (κ2) is 9.94. The van der Waals surface area contributed by atoms with Gasteiger partial charge in [0.25, 0.3) is 0 Å². The number of carboxylic acids is 1. The minimum Gasteiger partial charge on any atom is -0.481 e. The number of hydrogen-bond acceptors (Lipinski definition) is 3. The van der Waals surface area contributed by atoms with Crippen LogP contribution in [0.5, 0.6) is 0 Å². The number of hydrogen-bond donors (Lipinski definition) is 2. The molecule has 3 aliphatic carbocycles. The van der Waals surface area contributed by atoms with E-state index >= 15 is 0 Å². The first kappa shape index (κ1) is 22.8. The first-order chi connectivity index (χ1) is 13.8. The average Bonchev–Trinajstić information content (AvgIpc) is 2.67. The standard InChI is InChI=1S/C21H27BrClNO4S/c22-16-10-11-20(19(23)12-16)29(27,28)24-13-18-15-8-6-14(7-9-15)17(18)4-2-1-3-5-21(25)26/h2,4,10-12,14-15,17-18,24H,1,3,5-9,13H2,(H,25,26)/b4-2-. The SMILES string of the molecule is O=C(O)CCC/C=C\C1C2CCC(CC2)C1CNS(=O)(=O)c1ccc(Br)cc1Cl. The Labute approximate surface area is 186 Å². The maximum atomic E-state index is 12.8. The summed E-state index contributed by atoms with van der Waals surface area (Å²) < 4.78 is 29.1. The number of nitrogens with one attached hydrogen (secondary N) is 1. The molecule has 0 radical (unpaired) electrons. The predicted molar refractivity (Wildman–Crippen MR) is 117 cm³/mol. The number of unbranched alkanes of at least 4 members (excludes halogenated alkanes) is 1. The first-order valence-electron chi connectivity index (χ1n) is 10.1. The van der Waals surface area contributed by atoms with E-state index in [2.05, 4.69) is 32.8 Å². The number of fused-ring (bicyclic) bond motifs is 3. The van der Waals surface area contributed by atoms with E-state index in [4.69, 9.17) is 16.7 Å². The second-order valence-corrected chi connectivity index (χ2v) is 11.1. The largest absolute Gasteiger partial charge is 0.481 e. The number of sulfonamides is 1. The van der Waals surface area contributed by atoms with Gasteiger partial charge in [-0.2, -0.15) is 0 Å². The number of aliphatic carboxylic acids is 1. The van der Waals surface area contributed by atoms with E-state index in [1.165, 1.54) is 18.9 Å². The van der Waals surface area contributed by atoms with Crippen molar-refractivity contribution in [2.45, 2.75) is 49.8 Å². The van der Waals surface area contributed by atoms with Crippen LogP contribution < -0.4 is 4.72 Å². The van der Waals surface area contributed by atoms with Gasteiger partial charge in [-0.05, 0) is 80.4 Å². The van der Waals surface area contributed by atoms with Crippen LogP contribution in [0.2, 0.25) is 5.02 Å². The quantitative estimate of drug-likeness (QED) is 0.356. The molecule has 0 aromatic heterocycles. The molecule has 0 saturated heterocycles. The molecular formula is C21H27BrClNO4S. The lowest BCUT2D eigenvalue weighted by atomic mass is 9.58. The zero-order valence-corrected chi connectivity index (χ0v) is 19.3. The van der Waals surface area contributed by atoms with Crippen LogP contribution >= 0.6 is 27.5 Å². The van der Waals surface area contributed by atoms with Gasteiger partial charge in [-0.1, -0.05) is 39.7 Å². The zero-order valence-electron chi connectivity index (χ0n) is 16.2. The Morgan fingerprint density at radius 2 is 1.93 bits per heavy atom. The van der Waals surface area contributed by atoms with Crippen LogP contribution in [-0.2, 0) is 14.8 Å². The van der Waals surface area contributed by atoms with Gasteiger partial charge in [0.15, 0.2) is 0 Å². The third-order valence-electron chi connectivity index (χ3n) is 6.27. The maximum absolute atomic E-state index is 12.8. The van der Waals surface area contributed by atoms with Gasteiger partial charge in [0.1, 0.15) is 4.90 Å². The molecule has 0 amide bonds. The van der Waals surface area contributed by atoms with E-state index in [0.29, 0.717) is 30.7 Å². The van der Waals surface area contributed by atoms with Gasteiger partial charge in [-0.15, -0.1) is 0 Å². The summed E-state index contributed by atoms with van der Waals surface area (Å²) in [6.45, 7) is 0.403. The summed E-state index contributed by atoms with van der Waals surface area (Å²) in [7, 11) is -3.68. The molecule has 1 aromatic rings. The molecule has 2 unspecified atom stereocenters. The normalized spacial score (nSPS) is 26.8. The monoisotopic (exact) mass is 503 g/mol. The molecule has 0 heterocycles. The van der Waals surface area contributed by atoms with E-state index in [1.807, 2.05) is 0 Å². The van der Waals surface area contributed by atoms with E-state index in [-0.39, 0.29) is 22.3 Å². The second-order valence-electron chi connectivity index (χ2n) is 8.06. The van der Waals surface area contributed by atoms with E-state index in [1.54, 1.807) is 12.1 Å². The predicted octanol–water partition coefficient (Wildman–Crippen LogP) is 5.24. The van der Waals surface area contributed by atoms with Crippen molar-refractivity contribution >= 4 is 43.5 Å². The molecule has 29 heavy (non-hydrogen) atoms. The fraction of sp³-hybridized carbons (Fsp3) is 0.571. The van der Waals surface area contributed by atoms with E-state index in [9.17, 15) is 13.2 Å². The van der Waals surface area contributed by atoms with Gasteiger partial charge in [0.05, 0.1) is 5.02 Å². The summed E-state index contributed by atoms with van der Waals surface area (Å²) in [5.74, 6) is 0.949. The molecule has 160 valence electrons. The van der Waals surface area contributed by atoms with Crippen molar-refractivity contribution in [3.63, 3.8) is 0 Å². The van der Waals surface area contributed by atoms with Crippen LogP contribution in [0.4, 0.5) is 0 Å². The topological polar surface area (TPSA) is 83.5 Å². The summed E-state index contributed by atoms with van der Waals surface area (Å²) in [5, 5.41) is 8.96. The molecule has 2 N–H and O–H groups in total. The number of rotatable bonds is 9. The molecule has 4 rings (SSSR count).